The molecule has 1 atom stereocenters. The zero-order chi connectivity index (χ0) is 20.9. The fraction of sp³-hybridized carbons (Fsp3) is 0.238. The number of aromatic nitrogens is 3. The highest BCUT2D eigenvalue weighted by atomic mass is 32.2. The number of sulfonamides is 1. The number of halogens is 1. The van der Waals surface area contributed by atoms with E-state index in [0.29, 0.717) is 41.3 Å². The predicted octanol–water partition coefficient (Wildman–Crippen LogP) is 3.77. The lowest BCUT2D eigenvalue weighted by atomic mass is 10.2. The first kappa shape index (κ1) is 19.0. The molecule has 0 aliphatic carbocycles. The normalized spacial score (nSPS) is 17.7. The van der Waals surface area contributed by atoms with Gasteiger partial charge in [0.1, 0.15) is 11.3 Å². The van der Waals surface area contributed by atoms with Crippen LogP contribution in [0.25, 0.3) is 22.7 Å². The van der Waals surface area contributed by atoms with Crippen LogP contribution in [0.4, 0.5) is 4.39 Å². The second-order valence-electron chi connectivity index (χ2n) is 7.35. The monoisotopic (exact) mass is 426 g/mol. The molecule has 154 valence electrons. The van der Waals surface area contributed by atoms with Crippen molar-refractivity contribution in [1.82, 2.24) is 18.8 Å². The molecular formula is C21H19FN4O3S. The molecule has 4 aromatic rings. The van der Waals surface area contributed by atoms with E-state index in [0.717, 1.165) is 6.07 Å². The molecule has 1 aromatic carbocycles. The Labute approximate surface area is 172 Å². The number of furan rings is 1. The summed E-state index contributed by atoms with van der Waals surface area (Å²) in [5.74, 6) is 0.672. The zero-order valence-corrected chi connectivity index (χ0v) is 17.0. The van der Waals surface area contributed by atoms with E-state index in [-0.39, 0.29) is 17.5 Å². The average molecular weight is 426 g/mol. The fourth-order valence-electron chi connectivity index (χ4n) is 3.88. The van der Waals surface area contributed by atoms with Crippen molar-refractivity contribution in [2.24, 2.45) is 0 Å². The van der Waals surface area contributed by atoms with E-state index in [1.807, 2.05) is 22.8 Å². The third-order valence-electron chi connectivity index (χ3n) is 5.46. The number of benzene rings is 1. The number of nitrogens with zero attached hydrogens (tertiary/aromatic N) is 4. The zero-order valence-electron chi connectivity index (χ0n) is 16.2. The molecule has 0 N–H and O–H groups in total. The van der Waals surface area contributed by atoms with Gasteiger partial charge in [-0.05, 0) is 55.3 Å². The van der Waals surface area contributed by atoms with Crippen molar-refractivity contribution >= 4 is 21.2 Å². The molecule has 0 bridgehead atoms. The summed E-state index contributed by atoms with van der Waals surface area (Å²) >= 11 is 0. The van der Waals surface area contributed by atoms with Crippen LogP contribution in [0.2, 0.25) is 0 Å². The second-order valence-corrected chi connectivity index (χ2v) is 9.28. The molecule has 3 aromatic heterocycles. The highest BCUT2D eigenvalue weighted by Crippen LogP contribution is 2.34. The van der Waals surface area contributed by atoms with Gasteiger partial charge in [0.15, 0.2) is 17.2 Å². The molecule has 1 saturated heterocycles. The van der Waals surface area contributed by atoms with E-state index < -0.39 is 15.8 Å². The fourth-order valence-corrected chi connectivity index (χ4v) is 5.38. The Bertz CT molecular complexity index is 1330. The number of rotatable bonds is 4. The summed E-state index contributed by atoms with van der Waals surface area (Å²) in [7, 11) is -3.81. The summed E-state index contributed by atoms with van der Waals surface area (Å²) in [5.41, 5.74) is 1.80. The first-order chi connectivity index (χ1) is 14.4. The molecule has 0 amide bonds. The molecule has 4 heterocycles. The number of imidazole rings is 1. The molecular weight excluding hydrogens is 407 g/mol. The van der Waals surface area contributed by atoms with Gasteiger partial charge < -0.3 is 8.98 Å². The summed E-state index contributed by atoms with van der Waals surface area (Å²) in [4.78, 5) is 9.08. The van der Waals surface area contributed by atoms with E-state index in [9.17, 15) is 12.8 Å². The van der Waals surface area contributed by atoms with Crippen molar-refractivity contribution in [2.75, 3.05) is 13.1 Å². The van der Waals surface area contributed by atoms with Gasteiger partial charge in [-0.25, -0.2) is 22.8 Å². The Balaban J connectivity index is 1.53. The minimum Gasteiger partial charge on any atom is -0.461 e. The molecule has 0 saturated carbocycles. The van der Waals surface area contributed by atoms with Crippen LogP contribution in [0, 0.1) is 12.7 Å². The lowest BCUT2D eigenvalue weighted by molar-refractivity contribution is 0.453. The summed E-state index contributed by atoms with van der Waals surface area (Å²) in [5, 5.41) is 0. The van der Waals surface area contributed by atoms with Crippen molar-refractivity contribution in [3.63, 3.8) is 0 Å². The molecule has 9 heteroatoms. The summed E-state index contributed by atoms with van der Waals surface area (Å²) in [6.07, 6.45) is 3.85. The van der Waals surface area contributed by atoms with E-state index >= 15 is 0 Å². The molecule has 0 unspecified atom stereocenters. The smallest absolute Gasteiger partial charge is 0.243 e. The number of pyridine rings is 1. The molecule has 7 nitrogen and oxygen atoms in total. The van der Waals surface area contributed by atoms with Gasteiger partial charge in [-0.2, -0.15) is 4.31 Å². The Kier molecular flexibility index (Phi) is 4.44. The standard InChI is InChI=1S/C21H19FN4O3S/c1-14-6-7-16(12-17(14)22)30(27,28)25-10-8-15(13-25)26-20-18(4-2-9-23-20)24-21(26)19-5-3-11-29-19/h2-7,9,11-12,15H,8,10,13H2,1H3/t15-/m0/s1. The molecule has 5 rings (SSSR count). The Morgan fingerprint density at radius 2 is 2.07 bits per heavy atom. The number of fused-ring (bicyclic) bond motifs is 1. The van der Waals surface area contributed by atoms with Crippen molar-refractivity contribution in [3.05, 3.63) is 66.3 Å². The van der Waals surface area contributed by atoms with E-state index in [1.54, 1.807) is 25.5 Å². The van der Waals surface area contributed by atoms with E-state index in [1.165, 1.54) is 16.4 Å². The molecule has 0 spiro atoms. The van der Waals surface area contributed by atoms with Crippen LogP contribution in [0.5, 0.6) is 0 Å². The van der Waals surface area contributed by atoms with Gasteiger partial charge in [0.25, 0.3) is 0 Å². The molecule has 0 radical (unpaired) electrons. The van der Waals surface area contributed by atoms with Crippen LogP contribution >= 0.6 is 0 Å². The highest BCUT2D eigenvalue weighted by Gasteiger charge is 2.36. The topological polar surface area (TPSA) is 81.2 Å². The van der Waals surface area contributed by atoms with Gasteiger partial charge in [0, 0.05) is 19.3 Å². The number of aryl methyl sites for hydroxylation is 1. The van der Waals surface area contributed by atoms with Gasteiger partial charge in [-0.15, -0.1) is 0 Å². The van der Waals surface area contributed by atoms with Crippen LogP contribution < -0.4 is 0 Å². The summed E-state index contributed by atoms with van der Waals surface area (Å²) in [6, 6.07) is 11.1. The summed E-state index contributed by atoms with van der Waals surface area (Å²) in [6.45, 7) is 2.17. The van der Waals surface area contributed by atoms with Crippen molar-refractivity contribution in [3.8, 4) is 11.6 Å². The molecule has 1 aliphatic rings. The molecule has 1 aliphatic heterocycles. The van der Waals surface area contributed by atoms with Gasteiger partial charge in [-0.3, -0.25) is 0 Å². The first-order valence-electron chi connectivity index (χ1n) is 9.58. The van der Waals surface area contributed by atoms with Gasteiger partial charge in [0.05, 0.1) is 17.2 Å². The first-order valence-corrected chi connectivity index (χ1v) is 11.0. The van der Waals surface area contributed by atoms with Gasteiger partial charge >= 0.3 is 0 Å². The van der Waals surface area contributed by atoms with Crippen LogP contribution in [-0.4, -0.2) is 40.3 Å². The summed E-state index contributed by atoms with van der Waals surface area (Å²) < 4.78 is 49.0. The third kappa shape index (κ3) is 3.01. The van der Waals surface area contributed by atoms with E-state index in [4.69, 9.17) is 4.42 Å². The Morgan fingerprint density at radius 1 is 1.20 bits per heavy atom. The van der Waals surface area contributed by atoms with Gasteiger partial charge in [0.2, 0.25) is 10.0 Å². The number of hydrogen-bond acceptors (Lipinski definition) is 5. The lowest BCUT2D eigenvalue weighted by Gasteiger charge is -2.18. The maximum absolute atomic E-state index is 14.0. The van der Waals surface area contributed by atoms with Crippen molar-refractivity contribution in [2.45, 2.75) is 24.3 Å². The van der Waals surface area contributed by atoms with Crippen LogP contribution in [0.3, 0.4) is 0 Å². The largest absolute Gasteiger partial charge is 0.461 e. The minimum absolute atomic E-state index is 0.0360. The minimum atomic E-state index is -3.81. The van der Waals surface area contributed by atoms with Crippen LogP contribution in [0.1, 0.15) is 18.0 Å². The lowest BCUT2D eigenvalue weighted by Crippen LogP contribution is -2.29. The maximum Gasteiger partial charge on any atom is 0.243 e. The van der Waals surface area contributed by atoms with Crippen molar-refractivity contribution < 1.29 is 17.2 Å². The predicted molar refractivity (Wildman–Crippen MR) is 109 cm³/mol. The van der Waals surface area contributed by atoms with Crippen LogP contribution in [-0.2, 0) is 10.0 Å². The third-order valence-corrected chi connectivity index (χ3v) is 7.32. The van der Waals surface area contributed by atoms with Gasteiger partial charge in [-0.1, -0.05) is 6.07 Å². The highest BCUT2D eigenvalue weighted by molar-refractivity contribution is 7.89. The quantitative estimate of drug-likeness (QED) is 0.496. The Hall–Kier alpha value is -3.04. The average Bonchev–Trinajstić information content (AvgIpc) is 3.48. The van der Waals surface area contributed by atoms with Crippen molar-refractivity contribution in [1.29, 1.82) is 0 Å². The SMILES string of the molecule is Cc1ccc(S(=O)(=O)N2CC[C@H](n3c(-c4ccco4)nc4cccnc43)C2)cc1F. The van der Waals surface area contributed by atoms with Crippen LogP contribution in [0.15, 0.2) is 64.2 Å². The molecule has 1 fully saturated rings. The second kappa shape index (κ2) is 7.03. The maximum atomic E-state index is 14.0. The Morgan fingerprint density at radius 3 is 2.83 bits per heavy atom. The van der Waals surface area contributed by atoms with E-state index in [2.05, 4.69) is 9.97 Å². The molecule has 30 heavy (non-hydrogen) atoms. The number of hydrogen-bond donors (Lipinski definition) is 0.